The number of anilines is 2. The molecule has 2 aliphatic rings. The predicted octanol–water partition coefficient (Wildman–Crippen LogP) is 1.99. The normalized spacial score (nSPS) is 19.4. The van der Waals surface area contributed by atoms with Gasteiger partial charge in [0.2, 0.25) is 10.0 Å². The van der Waals surface area contributed by atoms with Crippen LogP contribution in [0.5, 0.6) is 0 Å². The van der Waals surface area contributed by atoms with E-state index in [9.17, 15) is 8.42 Å². The quantitative estimate of drug-likeness (QED) is 0.804. The highest BCUT2D eigenvalue weighted by Gasteiger charge is 2.37. The molecule has 0 amide bonds. The SMILES string of the molecule is CN(C)CC1CN(c2ncc(Br)cc2NS(=O)(=O)C2CC2)C1.[HH]. The first-order valence-electron chi connectivity index (χ1n) is 7.42. The van der Waals surface area contributed by atoms with Crippen molar-refractivity contribution in [2.45, 2.75) is 18.1 Å². The molecule has 0 unspecified atom stereocenters. The molecule has 0 atom stereocenters. The fraction of sp³-hybridized carbons (Fsp3) is 0.643. The Hall–Kier alpha value is -0.860. The lowest BCUT2D eigenvalue weighted by Gasteiger charge is -2.42. The molecule has 1 aromatic heterocycles. The third-order valence-corrected chi connectivity index (χ3v) is 6.22. The maximum atomic E-state index is 12.2. The van der Waals surface area contributed by atoms with Crippen LogP contribution in [0.1, 0.15) is 14.3 Å². The van der Waals surface area contributed by atoms with Crippen LogP contribution >= 0.6 is 15.9 Å². The summed E-state index contributed by atoms with van der Waals surface area (Å²) in [5, 5.41) is -0.239. The lowest BCUT2D eigenvalue weighted by atomic mass is 9.99. The lowest BCUT2D eigenvalue weighted by molar-refractivity contribution is 0.282. The molecule has 0 bridgehead atoms. The van der Waals surface area contributed by atoms with Gasteiger partial charge in [0, 0.05) is 37.6 Å². The molecule has 1 saturated carbocycles. The number of sulfonamides is 1. The molecule has 22 heavy (non-hydrogen) atoms. The molecule has 2 heterocycles. The Morgan fingerprint density at radius 2 is 2.14 bits per heavy atom. The van der Waals surface area contributed by atoms with Crippen LogP contribution in [0.4, 0.5) is 11.5 Å². The highest BCUT2D eigenvalue weighted by molar-refractivity contribution is 9.10. The van der Waals surface area contributed by atoms with E-state index in [0.29, 0.717) is 11.6 Å². The van der Waals surface area contributed by atoms with Crippen molar-refractivity contribution in [3.63, 3.8) is 0 Å². The van der Waals surface area contributed by atoms with Crippen molar-refractivity contribution < 1.29 is 9.84 Å². The van der Waals surface area contributed by atoms with Crippen molar-refractivity contribution in [2.24, 2.45) is 5.92 Å². The second-order valence-corrected chi connectivity index (χ2v) is 9.28. The van der Waals surface area contributed by atoms with Crippen molar-refractivity contribution in [3.05, 3.63) is 16.7 Å². The van der Waals surface area contributed by atoms with Gasteiger partial charge >= 0.3 is 0 Å². The number of halogens is 1. The lowest BCUT2D eigenvalue weighted by Crippen LogP contribution is -2.51. The van der Waals surface area contributed by atoms with E-state index in [-0.39, 0.29) is 6.68 Å². The number of pyridine rings is 1. The molecule has 8 heteroatoms. The summed E-state index contributed by atoms with van der Waals surface area (Å²) >= 11 is 3.37. The topological polar surface area (TPSA) is 65.5 Å². The van der Waals surface area contributed by atoms with E-state index in [0.717, 1.165) is 42.8 Å². The van der Waals surface area contributed by atoms with Gasteiger partial charge in [-0.25, -0.2) is 13.4 Å². The van der Waals surface area contributed by atoms with Gasteiger partial charge in [-0.3, -0.25) is 4.72 Å². The average Bonchev–Trinajstić information content (AvgIpc) is 3.18. The first kappa shape index (κ1) is 16.0. The Balaban J connectivity index is 0.00000192. The maximum absolute atomic E-state index is 12.2. The van der Waals surface area contributed by atoms with Crippen molar-refractivity contribution in [1.29, 1.82) is 0 Å². The number of nitrogens with zero attached hydrogens (tertiary/aromatic N) is 3. The standard InChI is InChI=1S/C14H21BrN4O2S.H2/c1-18(2)7-10-8-19(9-10)14-13(5-11(15)6-16-14)17-22(20,21)12-3-4-12;/h5-6,10,12,17H,3-4,7-9H2,1-2H3;1H. The maximum Gasteiger partial charge on any atom is 0.235 e. The van der Waals surface area contributed by atoms with Gasteiger partial charge in [-0.15, -0.1) is 0 Å². The van der Waals surface area contributed by atoms with Gasteiger partial charge in [0.25, 0.3) is 0 Å². The molecule has 1 saturated heterocycles. The predicted molar refractivity (Wildman–Crippen MR) is 93.9 cm³/mol. The number of aromatic nitrogens is 1. The van der Waals surface area contributed by atoms with Crippen LogP contribution in [0, 0.1) is 5.92 Å². The van der Waals surface area contributed by atoms with Crippen LogP contribution in [0.25, 0.3) is 0 Å². The highest BCUT2D eigenvalue weighted by atomic mass is 79.9. The summed E-state index contributed by atoms with van der Waals surface area (Å²) in [7, 11) is 0.855. The summed E-state index contributed by atoms with van der Waals surface area (Å²) in [6, 6.07) is 1.79. The zero-order valence-electron chi connectivity index (χ0n) is 12.8. The van der Waals surface area contributed by atoms with Gasteiger partial charge < -0.3 is 9.80 Å². The van der Waals surface area contributed by atoms with Crippen molar-refractivity contribution >= 4 is 37.5 Å². The summed E-state index contributed by atoms with van der Waals surface area (Å²) in [6.07, 6.45) is 3.21. The molecule has 1 N–H and O–H groups in total. The first-order chi connectivity index (χ1) is 10.3. The number of hydrogen-bond donors (Lipinski definition) is 1. The van der Waals surface area contributed by atoms with Gasteiger partial charge in [-0.2, -0.15) is 0 Å². The molecule has 0 spiro atoms. The molecular formula is C14H23BrN4O2S. The van der Waals surface area contributed by atoms with Gasteiger partial charge in [-0.05, 0) is 48.9 Å². The van der Waals surface area contributed by atoms with E-state index in [4.69, 9.17) is 0 Å². The summed E-state index contributed by atoms with van der Waals surface area (Å²) in [4.78, 5) is 8.72. The average molecular weight is 391 g/mol. The van der Waals surface area contributed by atoms with Crippen LogP contribution in [0.15, 0.2) is 16.7 Å². The Kier molecular flexibility index (Phi) is 4.35. The molecule has 3 rings (SSSR count). The van der Waals surface area contributed by atoms with E-state index >= 15 is 0 Å². The molecule has 0 aromatic carbocycles. The van der Waals surface area contributed by atoms with Crippen LogP contribution in [-0.4, -0.2) is 57.3 Å². The first-order valence-corrected chi connectivity index (χ1v) is 9.76. The Labute approximate surface area is 141 Å². The Morgan fingerprint density at radius 1 is 1.45 bits per heavy atom. The summed E-state index contributed by atoms with van der Waals surface area (Å²) in [6.45, 7) is 2.85. The van der Waals surface area contributed by atoms with Crippen LogP contribution in [0.3, 0.4) is 0 Å². The number of rotatable bonds is 6. The smallest absolute Gasteiger partial charge is 0.235 e. The summed E-state index contributed by atoms with van der Waals surface area (Å²) in [5.74, 6) is 1.33. The molecule has 2 fully saturated rings. The second-order valence-electron chi connectivity index (χ2n) is 6.40. The van der Waals surface area contributed by atoms with Gasteiger partial charge in [0.05, 0.1) is 10.9 Å². The minimum Gasteiger partial charge on any atom is -0.354 e. The van der Waals surface area contributed by atoms with Crippen molar-refractivity contribution in [2.75, 3.05) is 43.4 Å². The minimum atomic E-state index is -3.28. The van der Waals surface area contributed by atoms with Gasteiger partial charge in [0.1, 0.15) is 0 Å². The minimum absolute atomic E-state index is 0. The fourth-order valence-electron chi connectivity index (χ4n) is 2.75. The second kappa shape index (κ2) is 5.98. The summed E-state index contributed by atoms with van der Waals surface area (Å²) in [5.41, 5.74) is 0.574. The van der Waals surface area contributed by atoms with E-state index in [1.165, 1.54) is 0 Å². The van der Waals surface area contributed by atoms with E-state index in [1.807, 2.05) is 0 Å². The third kappa shape index (κ3) is 3.55. The number of hydrogen-bond acceptors (Lipinski definition) is 5. The van der Waals surface area contributed by atoms with Crippen LogP contribution in [-0.2, 0) is 10.0 Å². The Morgan fingerprint density at radius 3 is 2.73 bits per heavy atom. The van der Waals surface area contributed by atoms with E-state index in [2.05, 4.69) is 49.5 Å². The molecule has 1 aromatic rings. The third-order valence-electron chi connectivity index (χ3n) is 3.93. The Bertz CT molecular complexity index is 661. The summed E-state index contributed by atoms with van der Waals surface area (Å²) < 4.78 is 27.9. The van der Waals surface area contributed by atoms with Crippen molar-refractivity contribution in [3.8, 4) is 0 Å². The molecule has 124 valence electrons. The van der Waals surface area contributed by atoms with Crippen LogP contribution < -0.4 is 9.62 Å². The highest BCUT2D eigenvalue weighted by Crippen LogP contribution is 2.35. The van der Waals surface area contributed by atoms with Crippen molar-refractivity contribution in [1.82, 2.24) is 9.88 Å². The largest absolute Gasteiger partial charge is 0.354 e. The molecular weight excluding hydrogens is 368 g/mol. The van der Waals surface area contributed by atoms with Gasteiger partial charge in [-0.1, -0.05) is 0 Å². The monoisotopic (exact) mass is 390 g/mol. The molecule has 0 radical (unpaired) electrons. The zero-order valence-corrected chi connectivity index (χ0v) is 15.2. The van der Waals surface area contributed by atoms with Gasteiger partial charge in [0.15, 0.2) is 5.82 Å². The van der Waals surface area contributed by atoms with E-state index < -0.39 is 10.0 Å². The van der Waals surface area contributed by atoms with E-state index in [1.54, 1.807) is 12.3 Å². The molecule has 1 aliphatic heterocycles. The van der Waals surface area contributed by atoms with Crippen LogP contribution in [0.2, 0.25) is 0 Å². The fourth-order valence-corrected chi connectivity index (χ4v) is 4.46. The molecule has 1 aliphatic carbocycles. The zero-order chi connectivity index (χ0) is 15.9. The molecule has 6 nitrogen and oxygen atoms in total. The number of nitrogens with one attached hydrogen (secondary N) is 1.